The molecule has 2 saturated carbocycles. The van der Waals surface area contributed by atoms with Gasteiger partial charge in [-0.15, -0.1) is 0 Å². The summed E-state index contributed by atoms with van der Waals surface area (Å²) in [7, 11) is 0. The molecular weight excluding hydrogens is 326 g/mol. The fourth-order valence-corrected chi connectivity index (χ4v) is 4.46. The number of urea groups is 1. The topological polar surface area (TPSA) is 52.7 Å². The summed E-state index contributed by atoms with van der Waals surface area (Å²) >= 11 is 0. The maximum Gasteiger partial charge on any atom is 0.321 e. The van der Waals surface area contributed by atoms with Crippen molar-refractivity contribution in [3.8, 4) is 0 Å². The highest BCUT2D eigenvalue weighted by molar-refractivity contribution is 5.97. The summed E-state index contributed by atoms with van der Waals surface area (Å²) in [5, 5.41) is 2.81. The molecule has 1 aromatic rings. The summed E-state index contributed by atoms with van der Waals surface area (Å²) in [6.07, 6.45) is 8.34. The summed E-state index contributed by atoms with van der Waals surface area (Å²) in [6, 6.07) is 8.36. The highest BCUT2D eigenvalue weighted by atomic mass is 16.2. The maximum absolute atomic E-state index is 13.2. The highest BCUT2D eigenvalue weighted by Gasteiger charge is 2.39. The number of nitrogens with one attached hydrogen (secondary N) is 1. The Kier molecular flexibility index (Phi) is 4.88. The van der Waals surface area contributed by atoms with Crippen molar-refractivity contribution in [3.63, 3.8) is 0 Å². The van der Waals surface area contributed by atoms with Crippen molar-refractivity contribution in [1.29, 1.82) is 0 Å². The monoisotopic (exact) mass is 355 g/mol. The van der Waals surface area contributed by atoms with Crippen LogP contribution in [0.4, 0.5) is 10.5 Å². The summed E-state index contributed by atoms with van der Waals surface area (Å²) < 4.78 is 0. The van der Waals surface area contributed by atoms with Gasteiger partial charge in [-0.05, 0) is 68.7 Å². The minimum Gasteiger partial charge on any atom is -0.336 e. The second-order valence-corrected chi connectivity index (χ2v) is 7.96. The predicted octanol–water partition coefficient (Wildman–Crippen LogP) is 3.79. The lowest BCUT2D eigenvalue weighted by Gasteiger charge is -2.37. The molecule has 5 heteroatoms. The van der Waals surface area contributed by atoms with Crippen LogP contribution >= 0.6 is 0 Å². The molecule has 3 aliphatic rings. The predicted molar refractivity (Wildman–Crippen MR) is 102 cm³/mol. The van der Waals surface area contributed by atoms with Gasteiger partial charge < -0.3 is 10.2 Å². The van der Waals surface area contributed by atoms with E-state index in [1.807, 2.05) is 24.3 Å². The van der Waals surface area contributed by atoms with Gasteiger partial charge in [0.2, 0.25) is 0 Å². The molecule has 4 rings (SSSR count). The Morgan fingerprint density at radius 2 is 1.69 bits per heavy atom. The molecule has 1 saturated heterocycles. The van der Waals surface area contributed by atoms with Crippen molar-refractivity contribution in [3.05, 3.63) is 29.8 Å². The molecule has 1 N–H and O–H groups in total. The van der Waals surface area contributed by atoms with E-state index >= 15 is 0 Å². The quantitative estimate of drug-likeness (QED) is 0.874. The Hall–Kier alpha value is -2.04. The highest BCUT2D eigenvalue weighted by Crippen LogP contribution is 2.37. The molecule has 2 aliphatic carbocycles. The van der Waals surface area contributed by atoms with Crippen molar-refractivity contribution in [2.45, 2.75) is 64.0 Å². The number of hydrogen-bond donors (Lipinski definition) is 1. The van der Waals surface area contributed by atoms with Gasteiger partial charge in [0.25, 0.3) is 5.91 Å². The maximum atomic E-state index is 13.2. The molecule has 26 heavy (non-hydrogen) atoms. The van der Waals surface area contributed by atoms with E-state index in [0.29, 0.717) is 25.2 Å². The van der Waals surface area contributed by atoms with Crippen LogP contribution in [0.5, 0.6) is 0 Å². The van der Waals surface area contributed by atoms with Crippen LogP contribution in [0.2, 0.25) is 0 Å². The van der Waals surface area contributed by atoms with E-state index in [1.165, 1.54) is 19.3 Å². The van der Waals surface area contributed by atoms with Crippen molar-refractivity contribution in [1.82, 2.24) is 10.2 Å². The summed E-state index contributed by atoms with van der Waals surface area (Å²) in [5.74, 6) is 1.01. The lowest BCUT2D eigenvalue weighted by Crippen LogP contribution is -2.43. The standard InChI is InChI=1S/C21H29N3O2/c1-2-15-3-7-18(8-4-15)24(19-11-12-19)20(25)16-5-9-17(10-6-16)23-14-13-22-21(23)26/h5-6,9-10,15,18-19H,2-4,7-8,11-14H2,1H3,(H,22,26). The molecule has 3 fully saturated rings. The Bertz CT molecular complexity index is 660. The van der Waals surface area contributed by atoms with Crippen molar-refractivity contribution in [2.75, 3.05) is 18.0 Å². The third kappa shape index (κ3) is 3.44. The second kappa shape index (κ2) is 7.29. The minimum absolute atomic E-state index is 0.0589. The molecule has 1 heterocycles. The number of anilines is 1. The van der Waals surface area contributed by atoms with Crippen LogP contribution < -0.4 is 10.2 Å². The first kappa shape index (κ1) is 17.4. The first-order valence-electron chi connectivity index (χ1n) is 10.2. The zero-order valence-corrected chi connectivity index (χ0v) is 15.6. The molecule has 0 radical (unpaired) electrons. The lowest BCUT2D eigenvalue weighted by atomic mass is 9.83. The van der Waals surface area contributed by atoms with Gasteiger partial charge in [0.1, 0.15) is 0 Å². The number of hydrogen-bond acceptors (Lipinski definition) is 2. The average molecular weight is 355 g/mol. The van der Waals surface area contributed by atoms with Crippen molar-refractivity contribution < 1.29 is 9.59 Å². The fourth-order valence-electron chi connectivity index (χ4n) is 4.46. The summed E-state index contributed by atoms with van der Waals surface area (Å²) in [5.41, 5.74) is 1.61. The van der Waals surface area contributed by atoms with Gasteiger partial charge in [0.05, 0.1) is 0 Å². The lowest BCUT2D eigenvalue weighted by molar-refractivity contribution is 0.0587. The van der Waals surface area contributed by atoms with Crippen LogP contribution in [0.3, 0.4) is 0 Å². The minimum atomic E-state index is -0.0589. The van der Waals surface area contributed by atoms with Crippen LogP contribution in [0.25, 0.3) is 0 Å². The number of amides is 3. The van der Waals surface area contributed by atoms with Crippen LogP contribution in [0.15, 0.2) is 24.3 Å². The van der Waals surface area contributed by atoms with Gasteiger partial charge in [-0.2, -0.15) is 0 Å². The number of rotatable bonds is 5. The van der Waals surface area contributed by atoms with Gasteiger partial charge in [0, 0.05) is 36.4 Å². The summed E-state index contributed by atoms with van der Waals surface area (Å²) in [6.45, 7) is 3.63. The molecule has 0 atom stereocenters. The number of benzene rings is 1. The smallest absolute Gasteiger partial charge is 0.321 e. The first-order valence-corrected chi connectivity index (χ1v) is 10.2. The first-order chi connectivity index (χ1) is 12.7. The molecule has 1 aromatic carbocycles. The Morgan fingerprint density at radius 1 is 1.08 bits per heavy atom. The molecule has 0 bridgehead atoms. The van der Waals surface area contributed by atoms with Crippen LogP contribution in [-0.4, -0.2) is 42.0 Å². The molecule has 0 unspecified atom stereocenters. The summed E-state index contributed by atoms with van der Waals surface area (Å²) in [4.78, 5) is 28.9. The second-order valence-electron chi connectivity index (χ2n) is 7.96. The molecular formula is C21H29N3O2. The van der Waals surface area contributed by atoms with Gasteiger partial charge in [-0.3, -0.25) is 9.69 Å². The Labute approximate surface area is 155 Å². The van der Waals surface area contributed by atoms with Crippen LogP contribution in [0.1, 0.15) is 62.2 Å². The van der Waals surface area contributed by atoms with E-state index in [-0.39, 0.29) is 11.9 Å². The largest absolute Gasteiger partial charge is 0.336 e. The Morgan fingerprint density at radius 3 is 2.19 bits per heavy atom. The van der Waals surface area contributed by atoms with Gasteiger partial charge in [0.15, 0.2) is 0 Å². The van der Waals surface area contributed by atoms with Crippen LogP contribution in [0, 0.1) is 5.92 Å². The fraction of sp³-hybridized carbons (Fsp3) is 0.619. The van der Waals surface area contributed by atoms with E-state index in [9.17, 15) is 9.59 Å². The van der Waals surface area contributed by atoms with Crippen molar-refractivity contribution in [2.24, 2.45) is 5.92 Å². The SMILES string of the molecule is CCC1CCC(N(C(=O)c2ccc(N3CCNC3=O)cc2)C2CC2)CC1. The zero-order chi connectivity index (χ0) is 18.1. The van der Waals surface area contributed by atoms with Gasteiger partial charge >= 0.3 is 6.03 Å². The molecule has 3 amide bonds. The van der Waals surface area contributed by atoms with Gasteiger partial charge in [-0.1, -0.05) is 13.3 Å². The molecule has 0 aromatic heterocycles. The van der Waals surface area contributed by atoms with Gasteiger partial charge in [-0.25, -0.2) is 4.79 Å². The number of nitrogens with zero attached hydrogens (tertiary/aromatic N) is 2. The van der Waals surface area contributed by atoms with E-state index < -0.39 is 0 Å². The number of carbonyl (C=O) groups excluding carboxylic acids is 2. The third-order valence-electron chi connectivity index (χ3n) is 6.24. The van der Waals surface area contributed by atoms with Crippen LogP contribution in [-0.2, 0) is 0 Å². The van der Waals surface area contributed by atoms with Crippen molar-refractivity contribution >= 4 is 17.6 Å². The third-order valence-corrected chi connectivity index (χ3v) is 6.24. The average Bonchev–Trinajstić information content (AvgIpc) is 3.42. The zero-order valence-electron chi connectivity index (χ0n) is 15.6. The number of carbonyl (C=O) groups is 2. The molecule has 1 aliphatic heterocycles. The Balaban J connectivity index is 1.47. The molecule has 0 spiro atoms. The van der Waals surface area contributed by atoms with E-state index in [1.54, 1.807) is 4.90 Å². The molecule has 140 valence electrons. The van der Waals surface area contributed by atoms with E-state index in [0.717, 1.165) is 42.9 Å². The molecule has 5 nitrogen and oxygen atoms in total. The van der Waals surface area contributed by atoms with E-state index in [2.05, 4.69) is 17.1 Å². The van der Waals surface area contributed by atoms with E-state index in [4.69, 9.17) is 0 Å². The normalized spacial score (nSPS) is 25.9.